The molecule has 0 bridgehead atoms. The van der Waals surface area contributed by atoms with Gasteiger partial charge < -0.3 is 5.11 Å². The standard InChI is InChI=1S/C24H14F3N3O2S/c25-24(26,27)17-9-3-5-11-19(17)30-21(31)15-8-2-1-7-14(15)16(22(30)32)13-28-23-29-18-10-4-6-12-20(18)33-23/h1-13,32H/b28-13+. The molecule has 9 heteroatoms. The van der Waals surface area contributed by atoms with Crippen molar-refractivity contribution in [3.8, 4) is 11.6 Å². The Bertz CT molecular complexity index is 1570. The lowest BCUT2D eigenvalue weighted by molar-refractivity contribution is -0.137. The number of benzene rings is 3. The molecule has 5 nitrogen and oxygen atoms in total. The van der Waals surface area contributed by atoms with E-state index in [1.165, 1.54) is 35.8 Å². The van der Waals surface area contributed by atoms with Crippen molar-refractivity contribution in [2.75, 3.05) is 0 Å². The van der Waals surface area contributed by atoms with Crippen molar-refractivity contribution >= 4 is 43.7 Å². The van der Waals surface area contributed by atoms with E-state index in [0.717, 1.165) is 22.3 Å². The second-order valence-electron chi connectivity index (χ2n) is 7.16. The van der Waals surface area contributed by atoms with E-state index in [9.17, 15) is 23.1 Å². The van der Waals surface area contributed by atoms with Gasteiger partial charge in [0.1, 0.15) is 0 Å². The molecule has 3 aromatic carbocycles. The Morgan fingerprint density at radius 2 is 1.61 bits per heavy atom. The summed E-state index contributed by atoms with van der Waals surface area (Å²) in [6.07, 6.45) is -3.40. The first kappa shape index (κ1) is 20.9. The highest BCUT2D eigenvalue weighted by molar-refractivity contribution is 7.22. The van der Waals surface area contributed by atoms with E-state index in [-0.39, 0.29) is 10.9 Å². The molecule has 0 radical (unpaired) electrons. The fourth-order valence-corrected chi connectivity index (χ4v) is 4.47. The SMILES string of the molecule is O=c1c2ccccc2c(/C=N/c2nc3ccccc3s2)c(O)n1-c1ccccc1C(F)(F)F. The van der Waals surface area contributed by atoms with Gasteiger partial charge in [-0.1, -0.05) is 53.8 Å². The Kier molecular flexibility index (Phi) is 4.98. The quantitative estimate of drug-likeness (QED) is 0.329. The zero-order valence-electron chi connectivity index (χ0n) is 16.7. The number of rotatable bonds is 3. The van der Waals surface area contributed by atoms with E-state index >= 15 is 0 Å². The van der Waals surface area contributed by atoms with Gasteiger partial charge in [0.15, 0.2) is 0 Å². The number of alkyl halides is 3. The van der Waals surface area contributed by atoms with Crippen molar-refractivity contribution in [3.05, 3.63) is 94.3 Å². The normalized spacial score (nSPS) is 12.2. The minimum absolute atomic E-state index is 0.112. The molecule has 1 N–H and O–H groups in total. The van der Waals surface area contributed by atoms with Gasteiger partial charge in [0, 0.05) is 17.0 Å². The lowest BCUT2D eigenvalue weighted by Crippen LogP contribution is -2.23. The summed E-state index contributed by atoms with van der Waals surface area (Å²) in [4.78, 5) is 21.9. The van der Waals surface area contributed by atoms with Crippen LogP contribution in [-0.2, 0) is 6.18 Å². The van der Waals surface area contributed by atoms with Crippen molar-refractivity contribution in [3.63, 3.8) is 0 Å². The predicted octanol–water partition coefficient (Wildman–Crippen LogP) is 6.08. The molecule has 5 rings (SSSR count). The molecule has 0 saturated carbocycles. The Hall–Kier alpha value is -3.98. The summed E-state index contributed by atoms with van der Waals surface area (Å²) < 4.78 is 42.5. The fourth-order valence-electron chi connectivity index (χ4n) is 3.66. The van der Waals surface area contributed by atoms with E-state index in [0.29, 0.717) is 15.1 Å². The lowest BCUT2D eigenvalue weighted by Gasteiger charge is -2.17. The number of fused-ring (bicyclic) bond motifs is 2. The third kappa shape index (κ3) is 3.66. The first-order chi connectivity index (χ1) is 15.8. The average molecular weight is 465 g/mol. The molecule has 5 aromatic rings. The number of halogens is 3. The second kappa shape index (κ2) is 7.86. The van der Waals surface area contributed by atoms with Crippen LogP contribution < -0.4 is 5.56 Å². The van der Waals surface area contributed by atoms with Gasteiger partial charge in [-0.2, -0.15) is 13.2 Å². The van der Waals surface area contributed by atoms with Gasteiger partial charge in [-0.25, -0.2) is 14.5 Å². The van der Waals surface area contributed by atoms with Gasteiger partial charge in [-0.15, -0.1) is 0 Å². The molecule has 33 heavy (non-hydrogen) atoms. The van der Waals surface area contributed by atoms with Gasteiger partial charge in [0.25, 0.3) is 5.56 Å². The third-order valence-electron chi connectivity index (χ3n) is 5.14. The maximum absolute atomic E-state index is 13.7. The zero-order chi connectivity index (χ0) is 23.2. The molecule has 0 aliphatic heterocycles. The first-order valence-electron chi connectivity index (χ1n) is 9.77. The molecular formula is C24H14F3N3O2S. The summed E-state index contributed by atoms with van der Waals surface area (Å²) in [5.74, 6) is -0.639. The molecule has 2 heterocycles. The van der Waals surface area contributed by atoms with E-state index in [2.05, 4.69) is 9.98 Å². The summed E-state index contributed by atoms with van der Waals surface area (Å²) in [5, 5.41) is 11.9. The number of thiazole rings is 1. The van der Waals surface area contributed by atoms with E-state index in [1.807, 2.05) is 24.3 Å². The summed E-state index contributed by atoms with van der Waals surface area (Å²) >= 11 is 1.33. The number of para-hydroxylation sites is 2. The monoisotopic (exact) mass is 465 g/mol. The van der Waals surface area contributed by atoms with Crippen LogP contribution in [0.4, 0.5) is 18.3 Å². The highest BCUT2D eigenvalue weighted by atomic mass is 32.1. The molecule has 0 aliphatic carbocycles. The van der Waals surface area contributed by atoms with E-state index < -0.39 is 28.9 Å². The highest BCUT2D eigenvalue weighted by Gasteiger charge is 2.34. The Balaban J connectivity index is 1.76. The number of nitrogens with zero attached hydrogens (tertiary/aromatic N) is 3. The fraction of sp³-hybridized carbons (Fsp3) is 0.0417. The predicted molar refractivity (Wildman–Crippen MR) is 123 cm³/mol. The molecule has 0 atom stereocenters. The van der Waals surface area contributed by atoms with Crippen LogP contribution in [0.5, 0.6) is 5.88 Å². The lowest BCUT2D eigenvalue weighted by atomic mass is 10.1. The first-order valence-corrected chi connectivity index (χ1v) is 10.6. The molecule has 0 aliphatic rings. The molecule has 0 unspecified atom stereocenters. The maximum Gasteiger partial charge on any atom is 0.418 e. The number of aromatic hydroxyl groups is 1. The summed E-state index contributed by atoms with van der Waals surface area (Å²) in [6, 6.07) is 18.5. The topological polar surface area (TPSA) is 67.5 Å². The number of pyridine rings is 1. The van der Waals surface area contributed by atoms with Crippen LogP contribution in [0.25, 0.3) is 26.7 Å². The van der Waals surface area contributed by atoms with Crippen molar-refractivity contribution in [1.82, 2.24) is 9.55 Å². The van der Waals surface area contributed by atoms with Gasteiger partial charge >= 0.3 is 6.18 Å². The number of aromatic nitrogens is 2. The summed E-state index contributed by atoms with van der Waals surface area (Å²) in [5.41, 5.74) is -1.40. The van der Waals surface area contributed by atoms with Crippen molar-refractivity contribution in [1.29, 1.82) is 0 Å². The van der Waals surface area contributed by atoms with Crippen molar-refractivity contribution in [2.24, 2.45) is 4.99 Å². The van der Waals surface area contributed by atoms with Crippen LogP contribution in [0.1, 0.15) is 11.1 Å². The minimum atomic E-state index is -4.72. The van der Waals surface area contributed by atoms with Crippen LogP contribution in [0.15, 0.2) is 82.6 Å². The second-order valence-corrected chi connectivity index (χ2v) is 8.17. The Morgan fingerprint density at radius 3 is 2.36 bits per heavy atom. The van der Waals surface area contributed by atoms with Crippen LogP contribution in [-0.4, -0.2) is 20.9 Å². The molecule has 0 spiro atoms. The highest BCUT2D eigenvalue weighted by Crippen LogP contribution is 2.36. The largest absolute Gasteiger partial charge is 0.494 e. The van der Waals surface area contributed by atoms with E-state index in [1.54, 1.807) is 18.2 Å². The van der Waals surface area contributed by atoms with Gasteiger partial charge in [-0.3, -0.25) is 4.79 Å². The summed E-state index contributed by atoms with van der Waals surface area (Å²) in [6.45, 7) is 0. The smallest absolute Gasteiger partial charge is 0.418 e. The minimum Gasteiger partial charge on any atom is -0.494 e. The van der Waals surface area contributed by atoms with Gasteiger partial charge in [-0.05, 0) is 30.3 Å². The number of hydrogen-bond donors (Lipinski definition) is 1. The van der Waals surface area contributed by atoms with Crippen LogP contribution in [0, 0.1) is 0 Å². The number of aliphatic imine (C=N–C) groups is 1. The Morgan fingerprint density at radius 1 is 0.939 bits per heavy atom. The van der Waals surface area contributed by atoms with Gasteiger partial charge in [0.05, 0.1) is 27.0 Å². The molecule has 0 amide bonds. The summed E-state index contributed by atoms with van der Waals surface area (Å²) in [7, 11) is 0. The molecule has 2 aromatic heterocycles. The van der Waals surface area contributed by atoms with Crippen LogP contribution >= 0.6 is 11.3 Å². The molecule has 0 saturated heterocycles. The zero-order valence-corrected chi connectivity index (χ0v) is 17.6. The number of hydrogen-bond acceptors (Lipinski definition) is 5. The molecular weight excluding hydrogens is 451 g/mol. The van der Waals surface area contributed by atoms with E-state index in [4.69, 9.17) is 0 Å². The van der Waals surface area contributed by atoms with Crippen LogP contribution in [0.2, 0.25) is 0 Å². The Labute approximate surface area is 188 Å². The molecule has 0 fully saturated rings. The third-order valence-corrected chi connectivity index (χ3v) is 6.08. The van der Waals surface area contributed by atoms with Crippen molar-refractivity contribution < 1.29 is 18.3 Å². The maximum atomic E-state index is 13.7. The van der Waals surface area contributed by atoms with Crippen molar-refractivity contribution in [2.45, 2.75) is 6.18 Å². The van der Waals surface area contributed by atoms with Crippen LogP contribution in [0.3, 0.4) is 0 Å². The van der Waals surface area contributed by atoms with Gasteiger partial charge in [0.2, 0.25) is 11.0 Å². The average Bonchev–Trinajstić information content (AvgIpc) is 3.22. The molecule has 164 valence electrons.